The second-order valence-electron chi connectivity index (χ2n) is 8.78. The summed E-state index contributed by atoms with van der Waals surface area (Å²) in [6, 6.07) is 17.4. The number of thiophene rings is 1. The van der Waals surface area contributed by atoms with Crippen LogP contribution in [0.5, 0.6) is 0 Å². The summed E-state index contributed by atoms with van der Waals surface area (Å²) in [4.78, 5) is 26.4. The molecule has 11 heteroatoms. The van der Waals surface area contributed by atoms with E-state index in [9.17, 15) is 18.0 Å². The van der Waals surface area contributed by atoms with Crippen LogP contribution < -0.4 is 5.32 Å². The normalized spacial score (nSPS) is 14.5. The van der Waals surface area contributed by atoms with Crippen molar-refractivity contribution in [1.82, 2.24) is 14.1 Å². The van der Waals surface area contributed by atoms with Crippen molar-refractivity contribution in [2.75, 3.05) is 25.0 Å². The fraction of sp³-hybridized carbons (Fsp3) is 0.269. The Morgan fingerprint density at radius 3 is 2.54 bits per heavy atom. The maximum atomic E-state index is 12.9. The topological polar surface area (TPSA) is 111 Å². The zero-order chi connectivity index (χ0) is 26.0. The smallest absolute Gasteiger partial charge is 0.348 e. The summed E-state index contributed by atoms with van der Waals surface area (Å²) in [6.45, 7) is 2.36. The van der Waals surface area contributed by atoms with Gasteiger partial charge in [0, 0.05) is 24.2 Å². The number of fused-ring (bicyclic) bond motifs is 1. The Balaban J connectivity index is 1.24. The molecule has 0 bridgehead atoms. The van der Waals surface area contributed by atoms with Gasteiger partial charge in [-0.2, -0.15) is 9.40 Å². The van der Waals surface area contributed by atoms with Gasteiger partial charge >= 0.3 is 5.97 Å². The number of hydrogen-bond donors (Lipinski definition) is 1. The first-order chi connectivity index (χ1) is 17.8. The maximum absolute atomic E-state index is 12.9. The van der Waals surface area contributed by atoms with Crippen LogP contribution in [0.1, 0.15) is 34.6 Å². The van der Waals surface area contributed by atoms with E-state index in [1.54, 1.807) is 22.9 Å². The highest BCUT2D eigenvalue weighted by Gasteiger charge is 2.26. The SMILES string of the molecule is Cc1nn(-c2ccccc2)c2sc(C(=O)OCC(=O)Nc3cccc(S(=O)(=O)N4CCCCC4)c3)cc12. The molecule has 4 aromatic rings. The van der Waals surface area contributed by atoms with E-state index < -0.39 is 28.5 Å². The van der Waals surface area contributed by atoms with E-state index in [4.69, 9.17) is 4.74 Å². The third-order valence-electron chi connectivity index (χ3n) is 6.15. The predicted molar refractivity (Wildman–Crippen MR) is 142 cm³/mol. The van der Waals surface area contributed by atoms with Crippen LogP contribution in [0, 0.1) is 6.92 Å². The zero-order valence-electron chi connectivity index (χ0n) is 20.2. The van der Waals surface area contributed by atoms with Gasteiger partial charge in [0.1, 0.15) is 9.71 Å². The number of ether oxygens (including phenoxy) is 1. The Hall–Kier alpha value is -3.54. The van der Waals surface area contributed by atoms with Gasteiger partial charge in [-0.25, -0.2) is 17.9 Å². The molecule has 0 radical (unpaired) electrons. The third kappa shape index (κ3) is 5.29. The number of piperidine rings is 1. The van der Waals surface area contributed by atoms with Crippen LogP contribution in [-0.2, 0) is 19.6 Å². The van der Waals surface area contributed by atoms with Gasteiger partial charge in [-0.15, -0.1) is 11.3 Å². The van der Waals surface area contributed by atoms with Gasteiger partial charge in [-0.1, -0.05) is 30.7 Å². The third-order valence-corrected chi connectivity index (χ3v) is 9.14. The highest BCUT2D eigenvalue weighted by Crippen LogP contribution is 2.31. The number of nitrogens with one attached hydrogen (secondary N) is 1. The number of para-hydroxylation sites is 1. The molecule has 9 nitrogen and oxygen atoms in total. The van der Waals surface area contributed by atoms with Gasteiger partial charge in [0.05, 0.1) is 16.3 Å². The van der Waals surface area contributed by atoms with Crippen LogP contribution in [-0.4, -0.2) is 54.1 Å². The zero-order valence-corrected chi connectivity index (χ0v) is 21.8. The van der Waals surface area contributed by atoms with Gasteiger partial charge in [0.25, 0.3) is 5.91 Å². The van der Waals surface area contributed by atoms with Crippen LogP contribution in [0.25, 0.3) is 15.9 Å². The molecule has 2 aromatic carbocycles. The molecule has 1 saturated heterocycles. The molecule has 1 fully saturated rings. The second kappa shape index (κ2) is 10.4. The molecule has 0 atom stereocenters. The number of sulfonamides is 1. The van der Waals surface area contributed by atoms with Gasteiger partial charge in [-0.05, 0) is 56.2 Å². The molecule has 0 unspecified atom stereocenters. The molecule has 5 rings (SSSR count). The lowest BCUT2D eigenvalue weighted by Crippen LogP contribution is -2.35. The van der Waals surface area contributed by atoms with Gasteiger partial charge in [-0.3, -0.25) is 4.79 Å². The minimum atomic E-state index is -3.63. The lowest BCUT2D eigenvalue weighted by molar-refractivity contribution is -0.119. The Kier molecular flexibility index (Phi) is 7.09. The average Bonchev–Trinajstić information content (AvgIpc) is 3.49. The van der Waals surface area contributed by atoms with Crippen molar-refractivity contribution in [2.45, 2.75) is 31.1 Å². The van der Waals surface area contributed by atoms with Crippen LogP contribution in [0.15, 0.2) is 65.6 Å². The fourth-order valence-electron chi connectivity index (χ4n) is 4.28. The van der Waals surface area contributed by atoms with Crippen LogP contribution in [0.3, 0.4) is 0 Å². The summed E-state index contributed by atoms with van der Waals surface area (Å²) >= 11 is 1.24. The number of anilines is 1. The molecular weight excluding hydrogens is 512 g/mol. The quantitative estimate of drug-likeness (QED) is 0.350. The number of carbonyl (C=O) groups excluding carboxylic acids is 2. The second-order valence-corrected chi connectivity index (χ2v) is 11.7. The number of nitrogens with zero attached hydrogens (tertiary/aromatic N) is 3. The number of benzene rings is 2. The van der Waals surface area contributed by atoms with E-state index in [0.717, 1.165) is 40.9 Å². The van der Waals surface area contributed by atoms with Crippen LogP contribution in [0.4, 0.5) is 5.69 Å². The monoisotopic (exact) mass is 538 g/mol. The van der Waals surface area contributed by atoms with E-state index in [-0.39, 0.29) is 4.90 Å². The molecule has 0 aliphatic carbocycles. The predicted octanol–water partition coefficient (Wildman–Crippen LogP) is 4.37. The Bertz CT molecular complexity index is 1550. The van der Waals surface area contributed by atoms with Crippen molar-refractivity contribution in [3.63, 3.8) is 0 Å². The number of rotatable bonds is 7. The van der Waals surface area contributed by atoms with Gasteiger partial charge < -0.3 is 10.1 Å². The summed E-state index contributed by atoms with van der Waals surface area (Å²) in [5.74, 6) is -1.18. The number of aryl methyl sites for hydroxylation is 1. The van der Waals surface area contributed by atoms with Crippen molar-refractivity contribution in [1.29, 1.82) is 0 Å². The molecular formula is C26H26N4O5S2. The van der Waals surface area contributed by atoms with Crippen molar-refractivity contribution in [3.05, 3.63) is 71.2 Å². The highest BCUT2D eigenvalue weighted by atomic mass is 32.2. The first-order valence-electron chi connectivity index (χ1n) is 11.9. The first-order valence-corrected chi connectivity index (χ1v) is 14.2. The van der Waals surface area contributed by atoms with Crippen molar-refractivity contribution in [2.24, 2.45) is 0 Å². The van der Waals surface area contributed by atoms with Crippen molar-refractivity contribution >= 4 is 49.1 Å². The number of hydrogen-bond acceptors (Lipinski definition) is 7. The number of amides is 1. The summed E-state index contributed by atoms with van der Waals surface area (Å²) in [7, 11) is -3.63. The molecule has 1 aliphatic rings. The first kappa shape index (κ1) is 25.1. The highest BCUT2D eigenvalue weighted by molar-refractivity contribution is 7.89. The summed E-state index contributed by atoms with van der Waals surface area (Å²) in [5, 5.41) is 8.02. The summed E-state index contributed by atoms with van der Waals surface area (Å²) in [5.41, 5.74) is 1.98. The molecule has 0 saturated carbocycles. The molecule has 0 spiro atoms. The lowest BCUT2D eigenvalue weighted by Gasteiger charge is -2.26. The van der Waals surface area contributed by atoms with Crippen molar-refractivity contribution in [3.8, 4) is 5.69 Å². The molecule has 192 valence electrons. The number of carbonyl (C=O) groups is 2. The molecule has 1 N–H and O–H groups in total. The van der Waals surface area contributed by atoms with Crippen molar-refractivity contribution < 1.29 is 22.7 Å². The van der Waals surface area contributed by atoms with Crippen LogP contribution in [0.2, 0.25) is 0 Å². The average molecular weight is 539 g/mol. The summed E-state index contributed by atoms with van der Waals surface area (Å²) in [6.07, 6.45) is 2.70. The van der Waals surface area contributed by atoms with Gasteiger partial charge in [0.2, 0.25) is 10.0 Å². The number of esters is 1. The maximum Gasteiger partial charge on any atom is 0.348 e. The largest absolute Gasteiger partial charge is 0.451 e. The molecule has 2 aromatic heterocycles. The summed E-state index contributed by atoms with van der Waals surface area (Å²) < 4.78 is 34.4. The van der Waals surface area contributed by atoms with E-state index in [1.165, 1.54) is 27.8 Å². The Morgan fingerprint density at radius 1 is 1.03 bits per heavy atom. The fourth-order valence-corrected chi connectivity index (χ4v) is 6.92. The molecule has 3 heterocycles. The molecule has 37 heavy (non-hydrogen) atoms. The minimum Gasteiger partial charge on any atom is -0.451 e. The standard InChI is InChI=1S/C26H26N4O5S2/c1-18-22-16-23(36-25(22)30(28-18)20-10-4-2-5-11-20)26(32)35-17-24(31)27-19-9-8-12-21(15-19)37(33,34)29-13-6-3-7-14-29/h2,4-5,8-12,15-16H,3,6-7,13-14,17H2,1H3,(H,27,31). The Labute approximate surface area is 218 Å². The van der Waals surface area contributed by atoms with Gasteiger partial charge in [0.15, 0.2) is 6.61 Å². The molecule has 1 amide bonds. The van der Waals surface area contributed by atoms with Crippen LogP contribution >= 0.6 is 11.3 Å². The Morgan fingerprint density at radius 2 is 1.78 bits per heavy atom. The van der Waals surface area contributed by atoms with E-state index in [0.29, 0.717) is 23.7 Å². The molecule has 1 aliphatic heterocycles. The van der Waals surface area contributed by atoms with E-state index in [1.807, 2.05) is 37.3 Å². The van der Waals surface area contributed by atoms with E-state index >= 15 is 0 Å². The number of aromatic nitrogens is 2. The van der Waals surface area contributed by atoms with E-state index in [2.05, 4.69) is 10.4 Å². The minimum absolute atomic E-state index is 0.123. The lowest BCUT2D eigenvalue weighted by atomic mass is 10.2.